The van der Waals surface area contributed by atoms with Gasteiger partial charge in [0.05, 0.1) is 6.04 Å². The van der Waals surface area contributed by atoms with E-state index in [2.05, 4.69) is 10.6 Å². The molecule has 0 radical (unpaired) electrons. The molecule has 0 bridgehead atoms. The number of carbonyl (C=O) groups excluding carboxylic acids is 1. The van der Waals surface area contributed by atoms with Crippen LogP contribution in [0, 0.1) is 0 Å². The summed E-state index contributed by atoms with van der Waals surface area (Å²) in [5, 5.41) is 6.12. The number of rotatable bonds is 8. The molecule has 2 N–H and O–H groups in total. The maximum atomic E-state index is 11.9. The van der Waals surface area contributed by atoms with Gasteiger partial charge >= 0.3 is 0 Å². The number of ether oxygens (including phenoxy) is 2. The van der Waals surface area contributed by atoms with E-state index in [1.165, 1.54) is 0 Å². The highest BCUT2D eigenvalue weighted by atomic mass is 16.7. The zero-order valence-corrected chi connectivity index (χ0v) is 12.6. The van der Waals surface area contributed by atoms with Crippen LogP contribution in [-0.2, 0) is 9.47 Å². The number of hydrogen-bond donors (Lipinski definition) is 2. The topological polar surface area (TPSA) is 59.6 Å². The van der Waals surface area contributed by atoms with Crippen LogP contribution in [0.1, 0.15) is 30.6 Å². The summed E-state index contributed by atoms with van der Waals surface area (Å²) < 4.78 is 10.4. The lowest BCUT2D eigenvalue weighted by Crippen LogP contribution is -2.33. The van der Waals surface area contributed by atoms with Gasteiger partial charge in [-0.1, -0.05) is 13.0 Å². The fourth-order valence-electron chi connectivity index (χ4n) is 1.93. The summed E-state index contributed by atoms with van der Waals surface area (Å²) in [6, 6.07) is 7.36. The van der Waals surface area contributed by atoms with E-state index < -0.39 is 0 Å². The Bertz CT molecular complexity index is 419. The molecule has 0 spiro atoms. The average molecular weight is 280 g/mol. The quantitative estimate of drug-likeness (QED) is 0.717. The maximum absolute atomic E-state index is 11.9. The van der Waals surface area contributed by atoms with E-state index in [1.807, 2.05) is 32.0 Å². The minimum Gasteiger partial charge on any atom is -0.377 e. The third kappa shape index (κ3) is 4.83. The molecular formula is C15H24N2O3. The second kappa shape index (κ2) is 8.55. The maximum Gasteiger partial charge on any atom is 0.251 e. The van der Waals surface area contributed by atoms with E-state index in [9.17, 15) is 4.79 Å². The van der Waals surface area contributed by atoms with Crippen molar-refractivity contribution in [1.82, 2.24) is 5.32 Å². The van der Waals surface area contributed by atoms with Gasteiger partial charge in [0.25, 0.3) is 5.91 Å². The molecule has 5 heteroatoms. The summed E-state index contributed by atoms with van der Waals surface area (Å²) in [5.74, 6) is -0.0572. The Kier molecular flexibility index (Phi) is 7.04. The molecular weight excluding hydrogens is 256 g/mol. The Hall–Kier alpha value is -1.59. The van der Waals surface area contributed by atoms with Crippen molar-refractivity contribution in [1.29, 1.82) is 0 Å². The molecule has 0 aliphatic carbocycles. The zero-order chi connectivity index (χ0) is 15.0. The predicted octanol–water partition coefficient (Wildman–Crippen LogP) is 2.25. The van der Waals surface area contributed by atoms with Crippen LogP contribution in [-0.4, -0.2) is 39.0 Å². The molecule has 112 valence electrons. The van der Waals surface area contributed by atoms with Crippen LogP contribution in [0.15, 0.2) is 24.3 Å². The third-order valence-corrected chi connectivity index (χ3v) is 2.93. The molecule has 1 aromatic carbocycles. The Balaban J connectivity index is 2.70. The van der Waals surface area contributed by atoms with E-state index in [1.54, 1.807) is 20.3 Å². The number of nitrogens with one attached hydrogen (secondary N) is 2. The largest absolute Gasteiger partial charge is 0.377 e. The molecule has 0 heterocycles. The van der Waals surface area contributed by atoms with E-state index in [0.717, 1.165) is 12.1 Å². The smallest absolute Gasteiger partial charge is 0.251 e. The summed E-state index contributed by atoms with van der Waals surface area (Å²) in [6.07, 6.45) is 0.580. The van der Waals surface area contributed by atoms with Crippen LogP contribution in [0.5, 0.6) is 0 Å². The van der Waals surface area contributed by atoms with Crippen molar-refractivity contribution in [3.05, 3.63) is 29.8 Å². The first-order chi connectivity index (χ1) is 9.62. The number of carbonyl (C=O) groups is 1. The van der Waals surface area contributed by atoms with E-state index in [4.69, 9.17) is 9.47 Å². The molecule has 0 saturated heterocycles. The van der Waals surface area contributed by atoms with Gasteiger partial charge in [0.2, 0.25) is 0 Å². The predicted molar refractivity (Wildman–Crippen MR) is 80.0 cm³/mol. The lowest BCUT2D eigenvalue weighted by Gasteiger charge is -2.23. The molecule has 1 rings (SSSR count). The minimum absolute atomic E-state index is 0.0287. The average Bonchev–Trinajstić information content (AvgIpc) is 2.46. The number of methoxy groups -OCH3 is 2. The van der Waals surface area contributed by atoms with Crippen molar-refractivity contribution in [3.63, 3.8) is 0 Å². The summed E-state index contributed by atoms with van der Waals surface area (Å²) in [5.41, 5.74) is 1.50. The van der Waals surface area contributed by atoms with Crippen LogP contribution in [0.4, 0.5) is 5.69 Å². The van der Waals surface area contributed by atoms with Gasteiger partial charge in [0.15, 0.2) is 6.29 Å². The van der Waals surface area contributed by atoms with Crippen LogP contribution >= 0.6 is 0 Å². The highest BCUT2D eigenvalue weighted by Gasteiger charge is 2.15. The molecule has 20 heavy (non-hydrogen) atoms. The van der Waals surface area contributed by atoms with Crippen LogP contribution in [0.2, 0.25) is 0 Å². The van der Waals surface area contributed by atoms with Crippen molar-refractivity contribution in [3.8, 4) is 0 Å². The normalized spacial score (nSPS) is 12.2. The molecule has 0 fully saturated rings. The molecule has 0 aliphatic heterocycles. The standard InChI is InChI=1S/C15H24N2O3/c1-5-9-16-14(18)12-7-6-8-13(10-12)17-11(2)15(19-3)20-4/h6-8,10-11,15,17H,5,9H2,1-4H3,(H,16,18). The van der Waals surface area contributed by atoms with Gasteiger partial charge in [-0.15, -0.1) is 0 Å². The first-order valence-corrected chi connectivity index (χ1v) is 6.82. The van der Waals surface area contributed by atoms with Gasteiger partial charge in [-0.05, 0) is 31.5 Å². The van der Waals surface area contributed by atoms with E-state index >= 15 is 0 Å². The van der Waals surface area contributed by atoms with Crippen molar-refractivity contribution in [2.75, 3.05) is 26.1 Å². The van der Waals surface area contributed by atoms with E-state index in [0.29, 0.717) is 12.1 Å². The van der Waals surface area contributed by atoms with Gasteiger partial charge < -0.3 is 20.1 Å². The first-order valence-electron chi connectivity index (χ1n) is 6.82. The summed E-state index contributed by atoms with van der Waals surface area (Å²) in [4.78, 5) is 11.9. The van der Waals surface area contributed by atoms with Gasteiger partial charge in [0.1, 0.15) is 0 Å². The van der Waals surface area contributed by atoms with Crippen molar-refractivity contribution in [2.24, 2.45) is 0 Å². The van der Waals surface area contributed by atoms with Crippen molar-refractivity contribution >= 4 is 11.6 Å². The highest BCUT2D eigenvalue weighted by molar-refractivity contribution is 5.95. The van der Waals surface area contributed by atoms with Crippen LogP contribution < -0.4 is 10.6 Å². The molecule has 1 amide bonds. The monoisotopic (exact) mass is 280 g/mol. The molecule has 1 aromatic rings. The number of amides is 1. The van der Waals surface area contributed by atoms with Crippen LogP contribution in [0.25, 0.3) is 0 Å². The zero-order valence-electron chi connectivity index (χ0n) is 12.6. The fourth-order valence-corrected chi connectivity index (χ4v) is 1.93. The van der Waals surface area contributed by atoms with Crippen molar-refractivity contribution < 1.29 is 14.3 Å². The number of benzene rings is 1. The lowest BCUT2D eigenvalue weighted by molar-refractivity contribution is -0.109. The molecule has 0 aliphatic rings. The Morgan fingerprint density at radius 2 is 2.00 bits per heavy atom. The SMILES string of the molecule is CCCNC(=O)c1cccc(NC(C)C(OC)OC)c1. The fraction of sp³-hybridized carbons (Fsp3) is 0.533. The van der Waals surface area contributed by atoms with Crippen molar-refractivity contribution in [2.45, 2.75) is 32.6 Å². The summed E-state index contributed by atoms with van der Waals surface area (Å²) >= 11 is 0. The second-order valence-corrected chi connectivity index (χ2v) is 4.61. The Morgan fingerprint density at radius 3 is 2.60 bits per heavy atom. The van der Waals surface area contributed by atoms with Gasteiger partial charge in [-0.2, -0.15) is 0 Å². The lowest BCUT2D eigenvalue weighted by atomic mass is 10.1. The molecule has 1 unspecified atom stereocenters. The molecule has 1 atom stereocenters. The van der Waals surface area contributed by atoms with Gasteiger partial charge in [-0.3, -0.25) is 4.79 Å². The van der Waals surface area contributed by atoms with Gasteiger partial charge in [-0.25, -0.2) is 0 Å². The second-order valence-electron chi connectivity index (χ2n) is 4.61. The Morgan fingerprint density at radius 1 is 1.30 bits per heavy atom. The molecule has 0 saturated carbocycles. The minimum atomic E-state index is -0.340. The third-order valence-electron chi connectivity index (χ3n) is 2.93. The first kappa shape index (κ1) is 16.5. The van der Waals surface area contributed by atoms with E-state index in [-0.39, 0.29) is 18.2 Å². The number of hydrogen-bond acceptors (Lipinski definition) is 4. The number of anilines is 1. The molecule has 0 aromatic heterocycles. The van der Waals surface area contributed by atoms with Gasteiger partial charge in [0, 0.05) is 32.0 Å². The highest BCUT2D eigenvalue weighted by Crippen LogP contribution is 2.14. The summed E-state index contributed by atoms with van der Waals surface area (Å²) in [7, 11) is 3.20. The van der Waals surface area contributed by atoms with Crippen LogP contribution in [0.3, 0.4) is 0 Å². The Labute approximate surface area is 120 Å². The molecule has 5 nitrogen and oxygen atoms in total. The summed E-state index contributed by atoms with van der Waals surface area (Å²) in [6.45, 7) is 4.67.